The molecule has 0 aliphatic rings. The van der Waals surface area contributed by atoms with Crippen molar-refractivity contribution in [3.8, 4) is 0 Å². The first-order valence-corrected chi connectivity index (χ1v) is 12.6. The van der Waals surface area contributed by atoms with Crippen LogP contribution in [0, 0.1) is 0 Å². The average molecular weight is 545 g/mol. The van der Waals surface area contributed by atoms with Gasteiger partial charge in [0.1, 0.15) is 6.61 Å². The van der Waals surface area contributed by atoms with Crippen molar-refractivity contribution >= 4 is 17.7 Å². The Morgan fingerprint density at radius 1 is 0.526 bits per heavy atom. The summed E-state index contributed by atoms with van der Waals surface area (Å²) in [5.41, 5.74) is 1.14. The van der Waals surface area contributed by atoms with Gasteiger partial charge in [0.15, 0.2) is 0 Å². The molecule has 1 rings (SSSR count). The van der Waals surface area contributed by atoms with Crippen molar-refractivity contribution < 1.29 is 57.4 Å². The summed E-state index contributed by atoms with van der Waals surface area (Å²) in [6, 6.07) is 9.99. The molecule has 12 nitrogen and oxygen atoms in total. The molecule has 0 unspecified atom stereocenters. The van der Waals surface area contributed by atoms with E-state index in [1.807, 2.05) is 30.3 Å². The van der Waals surface area contributed by atoms with E-state index in [-0.39, 0.29) is 26.1 Å². The number of carboxylic acids is 1. The smallest absolute Gasteiger partial charge is 0.372 e. The van der Waals surface area contributed by atoms with E-state index < -0.39 is 17.7 Å². The van der Waals surface area contributed by atoms with Gasteiger partial charge in [-0.1, -0.05) is 30.3 Å². The summed E-state index contributed by atoms with van der Waals surface area (Å²) in [5.74, 6) is -3.22. The highest BCUT2D eigenvalue weighted by Gasteiger charge is 2.14. The van der Waals surface area contributed by atoms with E-state index in [9.17, 15) is 14.4 Å². The average Bonchev–Trinajstić information content (AvgIpc) is 2.92. The molecule has 38 heavy (non-hydrogen) atoms. The van der Waals surface area contributed by atoms with Gasteiger partial charge in [0.2, 0.25) is 5.78 Å². The van der Waals surface area contributed by atoms with E-state index in [0.29, 0.717) is 85.9 Å². The Morgan fingerprint density at radius 3 is 1.34 bits per heavy atom. The number of rotatable bonds is 27. The molecule has 0 saturated carbocycles. The minimum absolute atomic E-state index is 0.0209. The van der Waals surface area contributed by atoms with Gasteiger partial charge in [-0.05, 0) is 5.56 Å². The van der Waals surface area contributed by atoms with Gasteiger partial charge in [-0.15, -0.1) is 0 Å². The molecule has 0 heterocycles. The largest absolute Gasteiger partial charge is 0.476 e. The van der Waals surface area contributed by atoms with Crippen molar-refractivity contribution in [1.82, 2.24) is 0 Å². The fourth-order valence-corrected chi connectivity index (χ4v) is 2.69. The van der Waals surface area contributed by atoms with Crippen LogP contribution in [0.15, 0.2) is 30.3 Å². The number of aliphatic carboxylic acids is 1. The molecule has 0 aliphatic heterocycles. The molecule has 0 atom stereocenters. The number of ether oxygens (including phenoxy) is 8. The van der Waals surface area contributed by atoms with Gasteiger partial charge in [-0.25, -0.2) is 4.79 Å². The summed E-state index contributed by atoms with van der Waals surface area (Å²) < 4.78 is 42.7. The van der Waals surface area contributed by atoms with Crippen LogP contribution in [0.5, 0.6) is 0 Å². The molecule has 12 heteroatoms. The third kappa shape index (κ3) is 21.6. The third-order valence-corrected chi connectivity index (χ3v) is 4.63. The molecule has 0 radical (unpaired) electrons. The quantitative estimate of drug-likeness (QED) is 0.0967. The number of carboxylic acid groups (broad SMARTS) is 1. The minimum Gasteiger partial charge on any atom is -0.476 e. The summed E-state index contributed by atoms with van der Waals surface area (Å²) in [7, 11) is 0. The van der Waals surface area contributed by atoms with Gasteiger partial charge in [0.25, 0.3) is 0 Å². The number of esters is 1. The number of carbonyl (C=O) groups excluding carboxylic acids is 2. The lowest BCUT2D eigenvalue weighted by molar-refractivity contribution is -0.151. The van der Waals surface area contributed by atoms with E-state index in [4.69, 9.17) is 43.0 Å². The van der Waals surface area contributed by atoms with Crippen LogP contribution in [-0.4, -0.2) is 115 Å². The molecule has 0 spiro atoms. The molecule has 1 aromatic rings. The van der Waals surface area contributed by atoms with E-state index in [1.165, 1.54) is 0 Å². The Kier molecular flexibility index (Phi) is 22.0. The van der Waals surface area contributed by atoms with Crippen LogP contribution in [0.4, 0.5) is 0 Å². The highest BCUT2D eigenvalue weighted by atomic mass is 16.6. The van der Waals surface area contributed by atoms with Crippen molar-refractivity contribution in [2.24, 2.45) is 0 Å². The lowest BCUT2D eigenvalue weighted by Crippen LogP contribution is -2.17. The topological polar surface area (TPSA) is 145 Å². The van der Waals surface area contributed by atoms with Crippen molar-refractivity contribution in [2.75, 3.05) is 92.5 Å². The molecular weight excluding hydrogens is 504 g/mol. The van der Waals surface area contributed by atoms with Crippen molar-refractivity contribution in [3.05, 3.63) is 35.9 Å². The monoisotopic (exact) mass is 544 g/mol. The first-order chi connectivity index (χ1) is 18.6. The summed E-state index contributed by atoms with van der Waals surface area (Å²) in [6.45, 7) is 6.28. The summed E-state index contributed by atoms with van der Waals surface area (Å²) >= 11 is 0. The second-order valence-corrected chi connectivity index (χ2v) is 7.66. The number of benzene rings is 1. The molecular formula is C26H40O12. The molecule has 0 saturated heterocycles. The standard InChI is InChI=1S/C26H40O12/c27-24(26(29)30)6-7-25(28)38-21-20-36-17-16-34-13-12-32-9-8-31-10-11-33-14-15-35-18-19-37-22-23-4-2-1-3-5-23/h1-5H,6-22H2,(H,29,30). The maximum atomic E-state index is 11.3. The van der Waals surface area contributed by atoms with Crippen LogP contribution >= 0.6 is 0 Å². The lowest BCUT2D eigenvalue weighted by atomic mass is 10.2. The van der Waals surface area contributed by atoms with Gasteiger partial charge >= 0.3 is 11.9 Å². The van der Waals surface area contributed by atoms with Crippen LogP contribution in [-0.2, 0) is 58.9 Å². The van der Waals surface area contributed by atoms with Gasteiger partial charge in [0, 0.05) is 6.42 Å². The predicted octanol–water partition coefficient (Wildman–Crippen LogP) is 1.28. The van der Waals surface area contributed by atoms with Gasteiger partial charge in [-0.2, -0.15) is 0 Å². The Labute approximate surface area is 223 Å². The van der Waals surface area contributed by atoms with E-state index >= 15 is 0 Å². The van der Waals surface area contributed by atoms with E-state index in [0.717, 1.165) is 5.56 Å². The first-order valence-electron chi connectivity index (χ1n) is 12.6. The molecule has 0 amide bonds. The molecule has 0 bridgehead atoms. The first kappa shape index (κ1) is 33.6. The zero-order valence-electron chi connectivity index (χ0n) is 21.8. The molecule has 216 valence electrons. The highest BCUT2D eigenvalue weighted by Crippen LogP contribution is 2.00. The maximum Gasteiger partial charge on any atom is 0.372 e. The van der Waals surface area contributed by atoms with Crippen LogP contribution in [0.3, 0.4) is 0 Å². The van der Waals surface area contributed by atoms with E-state index in [1.54, 1.807) is 0 Å². The number of hydrogen-bond acceptors (Lipinski definition) is 11. The minimum atomic E-state index is -1.56. The van der Waals surface area contributed by atoms with Crippen LogP contribution in [0.25, 0.3) is 0 Å². The van der Waals surface area contributed by atoms with Crippen molar-refractivity contribution in [1.29, 1.82) is 0 Å². The van der Waals surface area contributed by atoms with Crippen LogP contribution < -0.4 is 0 Å². The Balaban J connectivity index is 1.69. The highest BCUT2D eigenvalue weighted by molar-refractivity contribution is 6.32. The Morgan fingerprint density at radius 2 is 0.921 bits per heavy atom. The van der Waals surface area contributed by atoms with Crippen LogP contribution in [0.1, 0.15) is 18.4 Å². The lowest BCUT2D eigenvalue weighted by Gasteiger charge is -2.08. The van der Waals surface area contributed by atoms with Gasteiger partial charge in [-0.3, -0.25) is 9.59 Å². The van der Waals surface area contributed by atoms with Gasteiger partial charge in [0.05, 0.1) is 98.9 Å². The number of carbonyl (C=O) groups is 3. The second kappa shape index (κ2) is 24.9. The zero-order chi connectivity index (χ0) is 27.5. The Bertz CT molecular complexity index is 728. The summed E-state index contributed by atoms with van der Waals surface area (Å²) in [6.07, 6.45) is -0.649. The molecule has 1 aromatic carbocycles. The number of hydrogen-bond donors (Lipinski definition) is 1. The fourth-order valence-electron chi connectivity index (χ4n) is 2.69. The molecule has 1 N–H and O–H groups in total. The fraction of sp³-hybridized carbons (Fsp3) is 0.654. The normalized spacial score (nSPS) is 10.9. The third-order valence-electron chi connectivity index (χ3n) is 4.63. The summed E-state index contributed by atoms with van der Waals surface area (Å²) in [5, 5.41) is 8.42. The Hall–Kier alpha value is -2.45. The van der Waals surface area contributed by atoms with Gasteiger partial charge < -0.3 is 43.0 Å². The molecule has 0 fully saturated rings. The second-order valence-electron chi connectivity index (χ2n) is 7.66. The number of ketones is 1. The molecule has 0 aromatic heterocycles. The van der Waals surface area contributed by atoms with Crippen molar-refractivity contribution in [3.63, 3.8) is 0 Å². The van der Waals surface area contributed by atoms with Crippen molar-refractivity contribution in [2.45, 2.75) is 19.4 Å². The van der Waals surface area contributed by atoms with E-state index in [2.05, 4.69) is 0 Å². The predicted molar refractivity (Wildman–Crippen MR) is 134 cm³/mol. The molecule has 0 aliphatic carbocycles. The summed E-state index contributed by atoms with van der Waals surface area (Å²) in [4.78, 5) is 32.5. The van der Waals surface area contributed by atoms with Crippen LogP contribution in [0.2, 0.25) is 0 Å². The number of Topliss-reactive ketones (excluding diaryl/α,β-unsaturated/α-hetero) is 1. The zero-order valence-corrected chi connectivity index (χ0v) is 21.8. The maximum absolute atomic E-state index is 11.3. The SMILES string of the molecule is O=C(CCC(=O)C(=O)O)OCCOCCOCCOCCOCCOCCOCCOCc1ccccc1.